The average molecular weight is 178 g/mol. The van der Waals surface area contributed by atoms with Crippen LogP contribution in [-0.4, -0.2) is 8.07 Å². The van der Waals surface area contributed by atoms with Crippen LogP contribution in [0.25, 0.3) is 0 Å². The smallest absolute Gasteiger partial charge is 0.131 e. The maximum Gasteiger partial charge on any atom is 0.144 e. The van der Waals surface area contributed by atoms with Crippen LogP contribution in [-0.2, 0) is 0 Å². The van der Waals surface area contributed by atoms with Gasteiger partial charge in [0, 0.05) is 12.5 Å². The predicted molar refractivity (Wildman–Crippen MR) is 58.4 cm³/mol. The first-order valence-electron chi connectivity index (χ1n) is 4.56. The lowest BCUT2D eigenvalue weighted by Gasteiger charge is -2.08. The summed E-state index contributed by atoms with van der Waals surface area (Å²) in [5, 5.41) is 0. The topological polar surface area (TPSA) is 0 Å². The van der Waals surface area contributed by atoms with Gasteiger partial charge in [0.05, 0.1) is 0 Å². The van der Waals surface area contributed by atoms with Gasteiger partial charge >= 0.3 is 0 Å². The van der Waals surface area contributed by atoms with Crippen LogP contribution in [0.4, 0.5) is 0 Å². The Bertz CT molecular complexity index is 209. The minimum atomic E-state index is -1.35. The highest BCUT2D eigenvalue weighted by Gasteiger charge is 2.15. The lowest BCUT2D eigenvalue weighted by molar-refractivity contribution is 0.828. The van der Waals surface area contributed by atoms with Gasteiger partial charge in [0.2, 0.25) is 0 Å². The number of terminal acetylenes is 1. The highest BCUT2D eigenvalue weighted by molar-refractivity contribution is 6.85. The molecule has 0 bridgehead atoms. The summed E-state index contributed by atoms with van der Waals surface area (Å²) in [6.45, 7) is 6.64. The Morgan fingerprint density at radius 3 is 2.50 bits per heavy atom. The maximum atomic E-state index is 5.26. The first-order chi connectivity index (χ1) is 5.62. The van der Waals surface area contributed by atoms with Crippen molar-refractivity contribution in [2.45, 2.75) is 45.3 Å². The van der Waals surface area contributed by atoms with E-state index in [0.717, 1.165) is 12.5 Å². The van der Waals surface area contributed by atoms with Crippen molar-refractivity contribution in [3.8, 4) is 23.8 Å². The summed E-state index contributed by atoms with van der Waals surface area (Å²) in [5.41, 5.74) is 3.34. The third-order valence-electron chi connectivity index (χ3n) is 1.63. The Morgan fingerprint density at radius 1 is 1.33 bits per heavy atom. The Balaban J connectivity index is 3.84. The average Bonchev–Trinajstić information content (AvgIpc) is 1.98. The van der Waals surface area contributed by atoms with Gasteiger partial charge in [-0.25, -0.2) is 0 Å². The van der Waals surface area contributed by atoms with Gasteiger partial charge in [-0.2, -0.15) is 0 Å². The molecule has 66 valence electrons. The van der Waals surface area contributed by atoms with E-state index in [0.29, 0.717) is 0 Å². The molecule has 12 heavy (non-hydrogen) atoms. The van der Waals surface area contributed by atoms with Crippen molar-refractivity contribution in [3.05, 3.63) is 0 Å². The van der Waals surface area contributed by atoms with Crippen molar-refractivity contribution in [2.75, 3.05) is 0 Å². The zero-order valence-electron chi connectivity index (χ0n) is 8.41. The molecule has 0 fully saturated rings. The van der Waals surface area contributed by atoms with Crippen molar-refractivity contribution >= 4 is 8.07 Å². The normalized spacial score (nSPS) is 9.83. The molecule has 0 radical (unpaired) electrons. The Morgan fingerprint density at radius 2 is 2.00 bits per heavy atom. The van der Waals surface area contributed by atoms with Crippen LogP contribution in [0.1, 0.15) is 26.2 Å². The summed E-state index contributed by atoms with van der Waals surface area (Å²) >= 11 is 0. The minimum absolute atomic E-state index is 0.881. The van der Waals surface area contributed by atoms with Gasteiger partial charge in [0.15, 0.2) is 0 Å². The first-order valence-corrected chi connectivity index (χ1v) is 7.76. The van der Waals surface area contributed by atoms with Gasteiger partial charge in [-0.3, -0.25) is 0 Å². The number of hydrogen-bond acceptors (Lipinski definition) is 0. The van der Waals surface area contributed by atoms with Crippen LogP contribution >= 0.6 is 0 Å². The number of unbranched alkanes of at least 4 members (excludes halogenated alkanes) is 2. The molecule has 0 saturated heterocycles. The zero-order chi connectivity index (χ0) is 9.45. The Hall–Kier alpha value is -0.663. The van der Waals surface area contributed by atoms with Crippen molar-refractivity contribution < 1.29 is 0 Å². The highest BCUT2D eigenvalue weighted by Crippen LogP contribution is 2.05. The molecular weight excluding hydrogens is 160 g/mol. The SMILES string of the molecule is C#CC[Si](C)(C)C#CCCCC. The molecule has 0 saturated carbocycles. The van der Waals surface area contributed by atoms with E-state index in [1.165, 1.54) is 12.8 Å². The standard InChI is InChI=1S/C11H18Si/c1-5-7-8-9-11-12(3,4)10-6-2/h2H,5,7-8,10H2,1,3-4H3. The molecule has 1 heteroatoms. The van der Waals surface area contributed by atoms with Crippen molar-refractivity contribution in [1.82, 2.24) is 0 Å². The second-order valence-corrected chi connectivity index (χ2v) is 8.04. The molecule has 0 aliphatic heterocycles. The number of hydrogen-bond donors (Lipinski definition) is 0. The molecule has 0 aromatic rings. The van der Waals surface area contributed by atoms with E-state index in [1.54, 1.807) is 0 Å². The summed E-state index contributed by atoms with van der Waals surface area (Å²) in [6, 6.07) is 0.881. The molecule has 0 nitrogen and oxygen atoms in total. The fraction of sp³-hybridized carbons (Fsp3) is 0.636. The Kier molecular flexibility index (Phi) is 5.59. The van der Waals surface area contributed by atoms with Gasteiger partial charge in [-0.1, -0.05) is 26.4 Å². The van der Waals surface area contributed by atoms with Crippen molar-refractivity contribution in [1.29, 1.82) is 0 Å². The summed E-state index contributed by atoms with van der Waals surface area (Å²) in [5.74, 6) is 5.94. The molecular formula is C11H18Si. The van der Waals surface area contributed by atoms with E-state index in [9.17, 15) is 0 Å². The zero-order valence-corrected chi connectivity index (χ0v) is 9.41. The summed E-state index contributed by atoms with van der Waals surface area (Å²) < 4.78 is 0. The molecule has 0 atom stereocenters. The van der Waals surface area contributed by atoms with E-state index in [2.05, 4.69) is 37.4 Å². The molecule has 0 amide bonds. The first kappa shape index (κ1) is 11.3. The van der Waals surface area contributed by atoms with Crippen molar-refractivity contribution in [3.63, 3.8) is 0 Å². The van der Waals surface area contributed by atoms with E-state index < -0.39 is 8.07 Å². The fourth-order valence-corrected chi connectivity index (χ4v) is 2.07. The second-order valence-electron chi connectivity index (χ2n) is 3.67. The van der Waals surface area contributed by atoms with Crippen LogP contribution < -0.4 is 0 Å². The van der Waals surface area contributed by atoms with Crippen molar-refractivity contribution in [2.24, 2.45) is 0 Å². The van der Waals surface area contributed by atoms with E-state index >= 15 is 0 Å². The molecule has 0 aliphatic carbocycles. The van der Waals surface area contributed by atoms with Crippen LogP contribution in [0, 0.1) is 23.8 Å². The monoisotopic (exact) mass is 178 g/mol. The van der Waals surface area contributed by atoms with Crippen LogP contribution in [0.5, 0.6) is 0 Å². The van der Waals surface area contributed by atoms with E-state index in [4.69, 9.17) is 6.42 Å². The number of rotatable bonds is 3. The summed E-state index contributed by atoms with van der Waals surface area (Å²) in [4.78, 5) is 0. The lowest BCUT2D eigenvalue weighted by atomic mass is 10.3. The molecule has 0 spiro atoms. The molecule has 0 aromatic heterocycles. The second kappa shape index (κ2) is 5.92. The third-order valence-corrected chi connectivity index (χ3v) is 3.57. The van der Waals surface area contributed by atoms with Gasteiger partial charge in [0.25, 0.3) is 0 Å². The Labute approximate surface area is 77.8 Å². The molecule has 0 aromatic carbocycles. The van der Waals surface area contributed by atoms with Crippen LogP contribution in [0.3, 0.4) is 0 Å². The maximum absolute atomic E-state index is 5.26. The van der Waals surface area contributed by atoms with E-state index in [-0.39, 0.29) is 0 Å². The lowest BCUT2D eigenvalue weighted by Crippen LogP contribution is -2.21. The van der Waals surface area contributed by atoms with E-state index in [1.807, 2.05) is 0 Å². The minimum Gasteiger partial charge on any atom is -0.131 e. The summed E-state index contributed by atoms with van der Waals surface area (Å²) in [7, 11) is -1.35. The molecule has 0 unspecified atom stereocenters. The molecule has 0 rings (SSSR count). The molecule has 0 heterocycles. The van der Waals surface area contributed by atoms with Crippen LogP contribution in [0.15, 0.2) is 0 Å². The molecule has 0 aliphatic rings. The third kappa shape index (κ3) is 6.07. The van der Waals surface area contributed by atoms with Gasteiger partial charge in [-0.05, 0) is 6.42 Å². The van der Waals surface area contributed by atoms with Gasteiger partial charge in [-0.15, -0.1) is 23.8 Å². The molecule has 0 N–H and O–H groups in total. The largest absolute Gasteiger partial charge is 0.144 e. The summed E-state index contributed by atoms with van der Waals surface area (Å²) in [6.07, 6.45) is 8.74. The van der Waals surface area contributed by atoms with Gasteiger partial charge < -0.3 is 0 Å². The quantitative estimate of drug-likeness (QED) is 0.354. The fourth-order valence-electron chi connectivity index (χ4n) is 0.866. The van der Waals surface area contributed by atoms with Gasteiger partial charge in [0.1, 0.15) is 8.07 Å². The highest BCUT2D eigenvalue weighted by atomic mass is 28.3. The van der Waals surface area contributed by atoms with Crippen LogP contribution in [0.2, 0.25) is 19.1 Å². The predicted octanol–water partition coefficient (Wildman–Crippen LogP) is 3.06.